The maximum absolute atomic E-state index is 12.5. The van der Waals surface area contributed by atoms with Crippen molar-refractivity contribution in [1.29, 1.82) is 5.26 Å². The largest absolute Gasteiger partial charge is 0.356 e. The van der Waals surface area contributed by atoms with Crippen LogP contribution in [0.5, 0.6) is 0 Å². The lowest BCUT2D eigenvalue weighted by Gasteiger charge is -2.31. The van der Waals surface area contributed by atoms with E-state index in [4.69, 9.17) is 5.26 Å². The molecule has 3 atom stereocenters. The number of H-pyrrole nitrogens is 1. The van der Waals surface area contributed by atoms with Crippen molar-refractivity contribution >= 4 is 11.8 Å². The molecule has 1 N–H and O–H groups in total. The smallest absolute Gasteiger partial charge is 0.270 e. The zero-order valence-electron chi connectivity index (χ0n) is 12.9. The van der Waals surface area contributed by atoms with Gasteiger partial charge in [-0.3, -0.25) is 9.59 Å². The number of amides is 2. The normalized spacial score (nSPS) is 27.4. The van der Waals surface area contributed by atoms with Gasteiger partial charge in [-0.25, -0.2) is 0 Å². The minimum Gasteiger partial charge on any atom is -0.356 e. The zero-order chi connectivity index (χ0) is 15.9. The fourth-order valence-electron chi connectivity index (χ4n) is 3.74. The quantitative estimate of drug-likeness (QED) is 0.891. The second-order valence-corrected chi connectivity index (χ2v) is 6.45. The van der Waals surface area contributed by atoms with Crippen LogP contribution in [0.1, 0.15) is 35.3 Å². The summed E-state index contributed by atoms with van der Waals surface area (Å²) in [6, 6.07) is 3.76. The number of hydrogen-bond donors (Lipinski definition) is 1. The zero-order valence-corrected chi connectivity index (χ0v) is 12.9. The summed E-state index contributed by atoms with van der Waals surface area (Å²) in [5.74, 6) is 0.993. The minimum atomic E-state index is -0.0928. The molecule has 0 spiro atoms. The number of fused-ring (bicyclic) bond motifs is 1. The van der Waals surface area contributed by atoms with Crippen molar-refractivity contribution < 1.29 is 9.59 Å². The van der Waals surface area contributed by atoms with E-state index in [1.807, 2.05) is 20.2 Å². The molecule has 1 aromatic heterocycles. The van der Waals surface area contributed by atoms with E-state index in [2.05, 4.69) is 4.98 Å². The molecule has 2 heterocycles. The number of nitrogens with zero attached hydrogens (tertiary/aromatic N) is 3. The molecule has 116 valence electrons. The van der Waals surface area contributed by atoms with Gasteiger partial charge >= 0.3 is 0 Å². The van der Waals surface area contributed by atoms with E-state index in [0.29, 0.717) is 29.5 Å². The van der Waals surface area contributed by atoms with Gasteiger partial charge in [0, 0.05) is 39.3 Å². The minimum absolute atomic E-state index is 0.0928. The summed E-state index contributed by atoms with van der Waals surface area (Å²) in [6.07, 6.45) is 3.97. The summed E-state index contributed by atoms with van der Waals surface area (Å²) in [6.45, 7) is 0.795. The predicted octanol–water partition coefficient (Wildman–Crippen LogP) is 1.22. The number of aromatic nitrogens is 1. The Kier molecular flexibility index (Phi) is 3.65. The Morgan fingerprint density at radius 1 is 1.45 bits per heavy atom. The number of nitrogens with one attached hydrogen (secondary N) is 1. The van der Waals surface area contributed by atoms with Crippen LogP contribution in [0, 0.1) is 23.2 Å². The molecule has 0 bridgehead atoms. The van der Waals surface area contributed by atoms with E-state index in [0.717, 1.165) is 19.4 Å². The molecule has 1 aromatic rings. The third-order valence-electron chi connectivity index (χ3n) is 5.10. The third kappa shape index (κ3) is 2.47. The van der Waals surface area contributed by atoms with Crippen LogP contribution in [0.4, 0.5) is 0 Å². The summed E-state index contributed by atoms with van der Waals surface area (Å²) in [5.41, 5.74) is 0.908. The van der Waals surface area contributed by atoms with Crippen LogP contribution in [-0.4, -0.2) is 53.3 Å². The lowest BCUT2D eigenvalue weighted by molar-refractivity contribution is -0.134. The van der Waals surface area contributed by atoms with Crippen molar-refractivity contribution in [2.75, 3.05) is 20.6 Å². The second-order valence-electron chi connectivity index (χ2n) is 6.45. The first kappa shape index (κ1) is 14.6. The fraction of sp³-hybridized carbons (Fsp3) is 0.562. The Hall–Kier alpha value is -2.29. The highest BCUT2D eigenvalue weighted by atomic mass is 16.2. The number of aromatic amines is 1. The molecule has 0 unspecified atom stereocenters. The average Bonchev–Trinajstić information content (AvgIpc) is 3.12. The van der Waals surface area contributed by atoms with Gasteiger partial charge in [-0.1, -0.05) is 0 Å². The van der Waals surface area contributed by atoms with Gasteiger partial charge in [-0.15, -0.1) is 0 Å². The van der Waals surface area contributed by atoms with E-state index < -0.39 is 0 Å². The van der Waals surface area contributed by atoms with Crippen LogP contribution in [0.25, 0.3) is 0 Å². The molecular weight excluding hydrogens is 280 g/mol. The molecule has 2 aliphatic rings. The molecule has 2 fully saturated rings. The van der Waals surface area contributed by atoms with E-state index in [1.54, 1.807) is 22.1 Å². The molecule has 1 aliphatic heterocycles. The van der Waals surface area contributed by atoms with Crippen molar-refractivity contribution in [3.8, 4) is 6.07 Å². The topological polar surface area (TPSA) is 80.2 Å². The SMILES string of the molecule is CN1C[C@@H]2C[C@H](N(C)C(=O)c3cc(C#N)c[nH]3)C[C@@H]2CC1=O. The maximum atomic E-state index is 12.5. The standard InChI is InChI=1S/C16H20N4O2/c1-19-9-12-5-13(4-11(12)6-15(19)21)20(2)16(22)14-3-10(7-17)8-18-14/h3,8,11-13,18H,4-6,9H2,1-2H3/t11-,12+,13-/m1/s1. The number of carbonyl (C=O) groups excluding carboxylic acids is 2. The van der Waals surface area contributed by atoms with Gasteiger partial charge in [-0.05, 0) is 30.7 Å². The molecule has 1 saturated carbocycles. The third-order valence-corrected chi connectivity index (χ3v) is 5.10. The first-order valence-corrected chi connectivity index (χ1v) is 7.59. The van der Waals surface area contributed by atoms with E-state index >= 15 is 0 Å². The molecule has 1 aliphatic carbocycles. The van der Waals surface area contributed by atoms with Crippen molar-refractivity contribution in [3.05, 3.63) is 23.5 Å². The van der Waals surface area contributed by atoms with Crippen LogP contribution < -0.4 is 0 Å². The summed E-state index contributed by atoms with van der Waals surface area (Å²) in [4.78, 5) is 30.7. The second kappa shape index (κ2) is 5.48. The highest BCUT2D eigenvalue weighted by Crippen LogP contribution is 2.40. The fourth-order valence-corrected chi connectivity index (χ4v) is 3.74. The Labute approximate surface area is 129 Å². The van der Waals surface area contributed by atoms with Crippen molar-refractivity contribution in [3.63, 3.8) is 0 Å². The molecule has 6 nitrogen and oxygen atoms in total. The summed E-state index contributed by atoms with van der Waals surface area (Å²) < 4.78 is 0. The molecule has 6 heteroatoms. The number of nitriles is 1. The lowest BCUT2D eigenvalue weighted by atomic mass is 9.88. The number of hydrogen-bond acceptors (Lipinski definition) is 3. The van der Waals surface area contributed by atoms with E-state index in [9.17, 15) is 9.59 Å². The molecular formula is C16H20N4O2. The molecule has 0 aromatic carbocycles. The highest BCUT2D eigenvalue weighted by molar-refractivity contribution is 5.93. The van der Waals surface area contributed by atoms with Crippen LogP contribution in [-0.2, 0) is 4.79 Å². The Bertz CT molecular complexity index is 645. The van der Waals surface area contributed by atoms with Crippen LogP contribution >= 0.6 is 0 Å². The molecule has 2 amide bonds. The van der Waals surface area contributed by atoms with Gasteiger partial charge in [0.15, 0.2) is 0 Å². The monoisotopic (exact) mass is 300 g/mol. The summed E-state index contributed by atoms with van der Waals surface area (Å²) in [5, 5.41) is 8.84. The van der Waals surface area contributed by atoms with Crippen molar-refractivity contribution in [1.82, 2.24) is 14.8 Å². The van der Waals surface area contributed by atoms with E-state index in [1.165, 1.54) is 0 Å². The Balaban J connectivity index is 1.69. The average molecular weight is 300 g/mol. The highest BCUT2D eigenvalue weighted by Gasteiger charge is 2.42. The van der Waals surface area contributed by atoms with Crippen LogP contribution in [0.2, 0.25) is 0 Å². The number of piperidine rings is 1. The van der Waals surface area contributed by atoms with Crippen molar-refractivity contribution in [2.45, 2.75) is 25.3 Å². The number of carbonyl (C=O) groups is 2. The summed E-state index contributed by atoms with van der Waals surface area (Å²) in [7, 11) is 3.66. The van der Waals surface area contributed by atoms with Crippen LogP contribution in [0.15, 0.2) is 12.3 Å². The van der Waals surface area contributed by atoms with Gasteiger partial charge in [0.05, 0.1) is 5.56 Å². The first-order valence-electron chi connectivity index (χ1n) is 7.59. The van der Waals surface area contributed by atoms with Gasteiger partial charge in [0.2, 0.25) is 5.91 Å². The van der Waals surface area contributed by atoms with E-state index in [-0.39, 0.29) is 17.9 Å². The van der Waals surface area contributed by atoms with Gasteiger partial charge in [0.1, 0.15) is 11.8 Å². The number of rotatable bonds is 2. The summed E-state index contributed by atoms with van der Waals surface area (Å²) >= 11 is 0. The van der Waals surface area contributed by atoms with Crippen molar-refractivity contribution in [2.24, 2.45) is 11.8 Å². The molecule has 3 rings (SSSR count). The Morgan fingerprint density at radius 2 is 2.18 bits per heavy atom. The maximum Gasteiger partial charge on any atom is 0.270 e. The van der Waals surface area contributed by atoms with Gasteiger partial charge < -0.3 is 14.8 Å². The predicted molar refractivity (Wildman–Crippen MR) is 79.9 cm³/mol. The molecule has 1 saturated heterocycles. The van der Waals surface area contributed by atoms with Crippen LogP contribution in [0.3, 0.4) is 0 Å². The Morgan fingerprint density at radius 3 is 2.86 bits per heavy atom. The lowest BCUT2D eigenvalue weighted by Crippen LogP contribution is -2.40. The van der Waals surface area contributed by atoms with Gasteiger partial charge in [-0.2, -0.15) is 5.26 Å². The molecule has 22 heavy (non-hydrogen) atoms. The number of likely N-dealkylation sites (tertiary alicyclic amines) is 1. The van der Waals surface area contributed by atoms with Gasteiger partial charge in [0.25, 0.3) is 5.91 Å². The first-order chi connectivity index (χ1) is 10.5. The molecule has 0 radical (unpaired) electrons.